The summed E-state index contributed by atoms with van der Waals surface area (Å²) in [6, 6.07) is 0.582. The highest BCUT2D eigenvalue weighted by atomic mass is 16.5. The van der Waals surface area contributed by atoms with E-state index in [2.05, 4.69) is 39.9 Å². The van der Waals surface area contributed by atoms with E-state index in [1.165, 1.54) is 70.8 Å². The second-order valence-corrected chi connectivity index (χ2v) is 13.5. The van der Waals surface area contributed by atoms with Crippen LogP contribution in [0.3, 0.4) is 0 Å². The van der Waals surface area contributed by atoms with Gasteiger partial charge in [-0.25, -0.2) is 0 Å². The SMILES string of the molecule is CC1=C2C[C@H]3[C@@H](CC[C@@H]4C[C@H](C)CC[C@@]43C)[C@@H]2CC[C@@]2(C1)O[C@@H]1C[C@H](C)CN[C@H]1[C@H]2C. The molecule has 0 aromatic heterocycles. The Morgan fingerprint density at radius 1 is 0.968 bits per heavy atom. The predicted octanol–water partition coefficient (Wildman–Crippen LogP) is 6.75. The molecule has 2 heterocycles. The van der Waals surface area contributed by atoms with Gasteiger partial charge in [0.05, 0.1) is 11.7 Å². The zero-order valence-corrected chi connectivity index (χ0v) is 20.9. The van der Waals surface area contributed by atoms with Crippen LogP contribution in [-0.2, 0) is 4.74 Å². The topological polar surface area (TPSA) is 21.3 Å². The summed E-state index contributed by atoms with van der Waals surface area (Å²) in [6.07, 6.45) is 14.5. The first-order valence-electron chi connectivity index (χ1n) is 13.9. The first kappa shape index (κ1) is 21.2. The summed E-state index contributed by atoms with van der Waals surface area (Å²) in [4.78, 5) is 0. The fourth-order valence-corrected chi connectivity index (χ4v) is 10.0. The number of fused-ring (bicyclic) bond motifs is 6. The van der Waals surface area contributed by atoms with E-state index >= 15 is 0 Å². The van der Waals surface area contributed by atoms with Gasteiger partial charge in [-0.1, -0.05) is 45.3 Å². The number of piperidine rings is 1. The van der Waals surface area contributed by atoms with E-state index in [0.717, 1.165) is 35.5 Å². The van der Waals surface area contributed by atoms with Crippen LogP contribution in [0.2, 0.25) is 0 Å². The third-order valence-corrected chi connectivity index (χ3v) is 11.9. The van der Waals surface area contributed by atoms with Crippen LogP contribution in [-0.4, -0.2) is 24.3 Å². The molecule has 0 aromatic carbocycles. The van der Waals surface area contributed by atoms with Gasteiger partial charge < -0.3 is 10.1 Å². The lowest BCUT2D eigenvalue weighted by molar-refractivity contribution is -0.0751. The molecule has 174 valence electrons. The average molecular weight is 426 g/mol. The summed E-state index contributed by atoms with van der Waals surface area (Å²) >= 11 is 0. The minimum absolute atomic E-state index is 0.102. The van der Waals surface area contributed by atoms with Gasteiger partial charge in [-0.3, -0.25) is 0 Å². The van der Waals surface area contributed by atoms with Crippen molar-refractivity contribution in [2.45, 2.75) is 117 Å². The molecule has 0 amide bonds. The fourth-order valence-electron chi connectivity index (χ4n) is 10.0. The lowest BCUT2D eigenvalue weighted by Gasteiger charge is -2.54. The highest BCUT2D eigenvalue weighted by molar-refractivity contribution is 5.29. The number of hydrogen-bond donors (Lipinski definition) is 1. The monoisotopic (exact) mass is 425 g/mol. The summed E-state index contributed by atoms with van der Waals surface area (Å²) in [6.45, 7) is 13.8. The van der Waals surface area contributed by atoms with Crippen molar-refractivity contribution >= 4 is 0 Å². The van der Waals surface area contributed by atoms with E-state index in [-0.39, 0.29) is 5.60 Å². The quantitative estimate of drug-likeness (QED) is 0.434. The number of rotatable bonds is 0. The first-order valence-corrected chi connectivity index (χ1v) is 13.9. The zero-order chi connectivity index (χ0) is 21.5. The van der Waals surface area contributed by atoms with Crippen LogP contribution in [0, 0.1) is 46.8 Å². The van der Waals surface area contributed by atoms with Crippen molar-refractivity contribution in [2.24, 2.45) is 46.8 Å². The van der Waals surface area contributed by atoms with Crippen molar-refractivity contribution in [3.05, 3.63) is 11.1 Å². The molecule has 4 aliphatic carbocycles. The lowest BCUT2D eigenvalue weighted by Crippen LogP contribution is -2.48. The maximum absolute atomic E-state index is 7.05. The van der Waals surface area contributed by atoms with Crippen LogP contribution in [0.5, 0.6) is 0 Å². The Bertz CT molecular complexity index is 758. The number of hydrogen-bond acceptors (Lipinski definition) is 2. The highest BCUT2D eigenvalue weighted by Crippen LogP contribution is 2.65. The van der Waals surface area contributed by atoms with Gasteiger partial charge in [-0.2, -0.15) is 0 Å². The van der Waals surface area contributed by atoms with E-state index < -0.39 is 0 Å². The second-order valence-electron chi connectivity index (χ2n) is 13.5. The smallest absolute Gasteiger partial charge is 0.0765 e. The minimum atomic E-state index is 0.102. The maximum atomic E-state index is 7.05. The van der Waals surface area contributed by atoms with Gasteiger partial charge in [0.25, 0.3) is 0 Å². The number of nitrogens with one attached hydrogen (secondary N) is 1. The molecular weight excluding hydrogens is 378 g/mol. The normalized spacial score (nSPS) is 56.6. The van der Waals surface area contributed by atoms with E-state index in [9.17, 15) is 0 Å². The van der Waals surface area contributed by atoms with Gasteiger partial charge in [0.2, 0.25) is 0 Å². The Morgan fingerprint density at radius 2 is 1.81 bits per heavy atom. The molecule has 0 bridgehead atoms. The van der Waals surface area contributed by atoms with Gasteiger partial charge in [0, 0.05) is 12.0 Å². The molecule has 1 spiro atoms. The molecule has 6 aliphatic rings. The average Bonchev–Trinajstić information content (AvgIpc) is 3.19. The van der Waals surface area contributed by atoms with Crippen LogP contribution in [0.1, 0.15) is 98.8 Å². The molecule has 11 atom stereocenters. The third-order valence-electron chi connectivity index (χ3n) is 11.9. The van der Waals surface area contributed by atoms with Crippen LogP contribution >= 0.6 is 0 Å². The van der Waals surface area contributed by atoms with Crippen LogP contribution in [0.25, 0.3) is 0 Å². The van der Waals surface area contributed by atoms with Crippen molar-refractivity contribution in [3.8, 4) is 0 Å². The molecule has 3 saturated carbocycles. The molecule has 0 unspecified atom stereocenters. The zero-order valence-electron chi connectivity index (χ0n) is 20.9. The molecule has 2 heteroatoms. The Hall–Kier alpha value is -0.340. The molecule has 2 saturated heterocycles. The Morgan fingerprint density at radius 3 is 2.65 bits per heavy atom. The first-order chi connectivity index (χ1) is 14.8. The van der Waals surface area contributed by atoms with E-state index in [0.29, 0.717) is 23.5 Å². The number of ether oxygens (including phenoxy) is 1. The molecule has 0 aromatic rings. The van der Waals surface area contributed by atoms with Crippen molar-refractivity contribution < 1.29 is 4.74 Å². The van der Waals surface area contributed by atoms with Crippen molar-refractivity contribution in [2.75, 3.05) is 6.54 Å². The van der Waals surface area contributed by atoms with Crippen molar-refractivity contribution in [1.82, 2.24) is 5.32 Å². The van der Waals surface area contributed by atoms with E-state index in [4.69, 9.17) is 4.74 Å². The van der Waals surface area contributed by atoms with Gasteiger partial charge >= 0.3 is 0 Å². The minimum Gasteiger partial charge on any atom is -0.369 e. The third kappa shape index (κ3) is 3.09. The molecule has 6 rings (SSSR count). The van der Waals surface area contributed by atoms with Crippen molar-refractivity contribution in [3.63, 3.8) is 0 Å². The largest absolute Gasteiger partial charge is 0.369 e. The summed E-state index contributed by atoms with van der Waals surface area (Å²) in [5, 5.41) is 3.88. The van der Waals surface area contributed by atoms with Gasteiger partial charge in [0.1, 0.15) is 0 Å². The van der Waals surface area contributed by atoms with Crippen LogP contribution < -0.4 is 5.32 Å². The number of allylic oxidation sites excluding steroid dienone is 1. The molecule has 0 radical (unpaired) electrons. The molecule has 2 nitrogen and oxygen atoms in total. The lowest BCUT2D eigenvalue weighted by atomic mass is 9.51. The summed E-state index contributed by atoms with van der Waals surface area (Å²) in [7, 11) is 0. The van der Waals surface area contributed by atoms with Gasteiger partial charge in [-0.05, 0) is 112 Å². The Balaban J connectivity index is 1.27. The molecule has 1 N–H and O–H groups in total. The Labute approximate surface area is 191 Å². The van der Waals surface area contributed by atoms with Crippen LogP contribution in [0.4, 0.5) is 0 Å². The summed E-state index contributed by atoms with van der Waals surface area (Å²) < 4.78 is 7.05. The van der Waals surface area contributed by atoms with E-state index in [1.807, 2.05) is 5.57 Å². The highest BCUT2D eigenvalue weighted by Gasteiger charge is 2.59. The van der Waals surface area contributed by atoms with E-state index in [1.54, 1.807) is 5.57 Å². The standard InChI is InChI=1S/C29H47NO/c1-17-8-10-28(5)21(12-17)6-7-23-22-9-11-29(15-19(3)24(22)14-25(23)28)20(4)27-26(31-29)13-18(2)16-30-27/h17-18,20-23,25-27,30H,6-16H2,1-5H3/t17-,18+,20-,21-,22+,23+,25+,26-,27+,28+,29+/m1/s1. The molecule has 5 fully saturated rings. The maximum Gasteiger partial charge on any atom is 0.0765 e. The molecule has 31 heavy (non-hydrogen) atoms. The molecular formula is C29H47NO. The summed E-state index contributed by atoms with van der Waals surface area (Å²) in [5.74, 6) is 6.16. The molecule has 2 aliphatic heterocycles. The van der Waals surface area contributed by atoms with Crippen molar-refractivity contribution in [1.29, 1.82) is 0 Å². The fraction of sp³-hybridized carbons (Fsp3) is 0.931. The Kier molecular flexibility index (Phi) is 5.01. The predicted molar refractivity (Wildman–Crippen MR) is 128 cm³/mol. The second kappa shape index (κ2) is 7.33. The summed E-state index contributed by atoms with van der Waals surface area (Å²) in [5.41, 5.74) is 4.36. The van der Waals surface area contributed by atoms with Gasteiger partial charge in [-0.15, -0.1) is 0 Å². The van der Waals surface area contributed by atoms with Crippen LogP contribution in [0.15, 0.2) is 11.1 Å². The van der Waals surface area contributed by atoms with Gasteiger partial charge in [0.15, 0.2) is 0 Å².